The molecule has 0 unspecified atom stereocenters. The average molecular weight is 359 g/mol. The van der Waals surface area contributed by atoms with E-state index < -0.39 is 0 Å². The lowest BCUT2D eigenvalue weighted by Gasteiger charge is -2.33. The Morgan fingerprint density at radius 2 is 2.27 bits per heavy atom. The molecule has 0 N–H and O–H groups in total. The molecule has 138 valence electrons. The number of benzene rings is 1. The minimum absolute atomic E-state index is 0.0304. The number of amides is 1. The van der Waals surface area contributed by atoms with E-state index in [-0.39, 0.29) is 24.4 Å². The number of aryl methyl sites for hydroxylation is 2. The third kappa shape index (κ3) is 5.23. The van der Waals surface area contributed by atoms with E-state index in [1.807, 2.05) is 13.0 Å². The molecule has 1 fully saturated rings. The summed E-state index contributed by atoms with van der Waals surface area (Å²) in [4.78, 5) is 22.4. The highest BCUT2D eigenvalue weighted by molar-refractivity contribution is 5.77. The van der Waals surface area contributed by atoms with Crippen LogP contribution in [0.5, 0.6) is 5.75 Å². The number of ether oxygens (including phenoxy) is 2. The van der Waals surface area contributed by atoms with E-state index in [1.165, 1.54) is 12.1 Å². The fourth-order valence-corrected chi connectivity index (χ4v) is 2.87. The van der Waals surface area contributed by atoms with Crippen molar-refractivity contribution in [2.24, 2.45) is 0 Å². The standard InChI is InChI=1S/C19H22FN3O3/c1-14-9-16(22-13-21-14)5-6-18-11-23(7-8-25-18)19(24)12-26-17-4-2-3-15(20)10-17/h2-4,9-10,13,18H,5-8,11-12H2,1H3/t18-/m0/s1. The van der Waals surface area contributed by atoms with Crippen LogP contribution in [0.2, 0.25) is 0 Å². The number of nitrogens with zero attached hydrogens (tertiary/aromatic N) is 3. The van der Waals surface area contributed by atoms with Gasteiger partial charge in [-0.3, -0.25) is 4.79 Å². The number of carbonyl (C=O) groups excluding carboxylic acids is 1. The van der Waals surface area contributed by atoms with Crippen LogP contribution in [0.25, 0.3) is 0 Å². The zero-order valence-corrected chi connectivity index (χ0v) is 14.7. The third-order valence-corrected chi connectivity index (χ3v) is 4.23. The van der Waals surface area contributed by atoms with Crippen LogP contribution in [-0.4, -0.2) is 53.2 Å². The fourth-order valence-electron chi connectivity index (χ4n) is 2.87. The van der Waals surface area contributed by atoms with Crippen LogP contribution in [0.1, 0.15) is 17.8 Å². The topological polar surface area (TPSA) is 64.6 Å². The van der Waals surface area contributed by atoms with Gasteiger partial charge in [0, 0.05) is 30.5 Å². The molecular weight excluding hydrogens is 337 g/mol. The van der Waals surface area contributed by atoms with E-state index in [0.29, 0.717) is 25.4 Å². The molecule has 1 aliphatic heterocycles. The molecule has 6 nitrogen and oxygen atoms in total. The van der Waals surface area contributed by atoms with Crippen molar-refractivity contribution in [2.45, 2.75) is 25.9 Å². The maximum atomic E-state index is 13.1. The normalized spacial score (nSPS) is 17.2. The Labute approximate surface area is 152 Å². The van der Waals surface area contributed by atoms with E-state index in [0.717, 1.165) is 24.2 Å². The second-order valence-electron chi connectivity index (χ2n) is 6.27. The van der Waals surface area contributed by atoms with Gasteiger partial charge in [-0.05, 0) is 38.0 Å². The van der Waals surface area contributed by atoms with Crippen LogP contribution in [0.4, 0.5) is 4.39 Å². The molecule has 0 saturated carbocycles. The largest absolute Gasteiger partial charge is 0.484 e. The maximum Gasteiger partial charge on any atom is 0.260 e. The summed E-state index contributed by atoms with van der Waals surface area (Å²) in [7, 11) is 0. The van der Waals surface area contributed by atoms with Crippen molar-refractivity contribution in [1.82, 2.24) is 14.9 Å². The quantitative estimate of drug-likeness (QED) is 0.791. The summed E-state index contributed by atoms with van der Waals surface area (Å²) >= 11 is 0. The van der Waals surface area contributed by atoms with Gasteiger partial charge in [-0.15, -0.1) is 0 Å². The predicted octanol–water partition coefficient (Wildman–Crippen LogP) is 2.16. The molecule has 3 rings (SSSR count). The molecule has 1 aliphatic rings. The molecule has 2 aromatic rings. The highest BCUT2D eigenvalue weighted by atomic mass is 19.1. The second kappa shape index (κ2) is 8.71. The molecule has 0 bridgehead atoms. The second-order valence-corrected chi connectivity index (χ2v) is 6.27. The summed E-state index contributed by atoms with van der Waals surface area (Å²) in [5.74, 6) is -0.163. The highest BCUT2D eigenvalue weighted by Gasteiger charge is 2.24. The summed E-state index contributed by atoms with van der Waals surface area (Å²) in [5, 5.41) is 0. The number of carbonyl (C=O) groups is 1. The first-order valence-corrected chi connectivity index (χ1v) is 8.65. The van der Waals surface area contributed by atoms with Crippen molar-refractivity contribution in [2.75, 3.05) is 26.3 Å². The predicted molar refractivity (Wildman–Crippen MR) is 93.3 cm³/mol. The van der Waals surface area contributed by atoms with Crippen LogP contribution in [0.3, 0.4) is 0 Å². The number of morpholine rings is 1. The number of hydrogen-bond donors (Lipinski definition) is 0. The van der Waals surface area contributed by atoms with Gasteiger partial charge < -0.3 is 14.4 Å². The van der Waals surface area contributed by atoms with Gasteiger partial charge in [0.15, 0.2) is 6.61 Å². The Kier molecular flexibility index (Phi) is 6.12. The Hall–Kier alpha value is -2.54. The zero-order valence-electron chi connectivity index (χ0n) is 14.7. The Morgan fingerprint density at radius 3 is 3.08 bits per heavy atom. The van der Waals surface area contributed by atoms with Crippen molar-refractivity contribution in [1.29, 1.82) is 0 Å². The summed E-state index contributed by atoms with van der Waals surface area (Å²) in [6, 6.07) is 7.73. The van der Waals surface area contributed by atoms with Crippen molar-refractivity contribution in [3.05, 3.63) is 53.9 Å². The van der Waals surface area contributed by atoms with Crippen LogP contribution in [0.15, 0.2) is 36.7 Å². The van der Waals surface area contributed by atoms with E-state index in [4.69, 9.17) is 9.47 Å². The zero-order chi connectivity index (χ0) is 18.4. The maximum absolute atomic E-state index is 13.1. The molecule has 1 aromatic carbocycles. The average Bonchev–Trinajstić information content (AvgIpc) is 2.65. The van der Waals surface area contributed by atoms with Gasteiger partial charge in [0.05, 0.1) is 12.7 Å². The molecular formula is C19H22FN3O3. The minimum Gasteiger partial charge on any atom is -0.484 e. The SMILES string of the molecule is Cc1cc(CC[C@H]2CN(C(=O)COc3cccc(F)c3)CCO2)ncn1. The Balaban J connectivity index is 1.47. The fraction of sp³-hybridized carbons (Fsp3) is 0.421. The summed E-state index contributed by atoms with van der Waals surface area (Å²) in [6.45, 7) is 3.38. The number of halogens is 1. The van der Waals surface area contributed by atoms with Crippen LogP contribution in [-0.2, 0) is 16.0 Å². The van der Waals surface area contributed by atoms with Gasteiger partial charge in [-0.25, -0.2) is 14.4 Å². The van der Waals surface area contributed by atoms with Gasteiger partial charge in [0.25, 0.3) is 5.91 Å². The molecule has 0 aliphatic carbocycles. The molecule has 0 radical (unpaired) electrons. The number of hydrogen-bond acceptors (Lipinski definition) is 5. The smallest absolute Gasteiger partial charge is 0.260 e. The van der Waals surface area contributed by atoms with Gasteiger partial charge in [-0.2, -0.15) is 0 Å². The van der Waals surface area contributed by atoms with Crippen molar-refractivity contribution < 1.29 is 18.7 Å². The van der Waals surface area contributed by atoms with Crippen LogP contribution < -0.4 is 4.74 Å². The molecule has 1 atom stereocenters. The lowest BCUT2D eigenvalue weighted by atomic mass is 10.1. The number of aromatic nitrogens is 2. The first-order chi connectivity index (χ1) is 12.6. The molecule has 26 heavy (non-hydrogen) atoms. The monoisotopic (exact) mass is 359 g/mol. The van der Waals surface area contributed by atoms with Gasteiger partial charge in [0.2, 0.25) is 0 Å². The minimum atomic E-state index is -0.388. The summed E-state index contributed by atoms with van der Waals surface area (Å²) in [5.41, 5.74) is 1.91. The van der Waals surface area contributed by atoms with Crippen molar-refractivity contribution >= 4 is 5.91 Å². The first-order valence-electron chi connectivity index (χ1n) is 8.65. The molecule has 1 amide bonds. The molecule has 1 aromatic heterocycles. The Bertz CT molecular complexity index is 756. The van der Waals surface area contributed by atoms with Crippen molar-refractivity contribution in [3.8, 4) is 5.75 Å². The van der Waals surface area contributed by atoms with Gasteiger partial charge in [-0.1, -0.05) is 6.07 Å². The lowest BCUT2D eigenvalue weighted by Crippen LogP contribution is -2.47. The van der Waals surface area contributed by atoms with E-state index in [9.17, 15) is 9.18 Å². The molecule has 1 saturated heterocycles. The summed E-state index contributed by atoms with van der Waals surface area (Å²) < 4.78 is 24.3. The summed E-state index contributed by atoms with van der Waals surface area (Å²) in [6.07, 6.45) is 3.09. The third-order valence-electron chi connectivity index (χ3n) is 4.23. The highest BCUT2D eigenvalue weighted by Crippen LogP contribution is 2.14. The number of rotatable bonds is 6. The lowest BCUT2D eigenvalue weighted by molar-refractivity contribution is -0.141. The van der Waals surface area contributed by atoms with Crippen LogP contribution >= 0.6 is 0 Å². The molecule has 7 heteroatoms. The molecule has 2 heterocycles. The Morgan fingerprint density at radius 1 is 1.38 bits per heavy atom. The van der Waals surface area contributed by atoms with E-state index in [2.05, 4.69) is 9.97 Å². The van der Waals surface area contributed by atoms with Crippen LogP contribution in [0, 0.1) is 12.7 Å². The van der Waals surface area contributed by atoms with E-state index in [1.54, 1.807) is 23.4 Å². The van der Waals surface area contributed by atoms with Gasteiger partial charge in [0.1, 0.15) is 17.9 Å². The first kappa shape index (κ1) is 18.3. The van der Waals surface area contributed by atoms with E-state index >= 15 is 0 Å². The molecule has 0 spiro atoms. The van der Waals surface area contributed by atoms with Crippen molar-refractivity contribution in [3.63, 3.8) is 0 Å². The van der Waals surface area contributed by atoms with Gasteiger partial charge >= 0.3 is 0 Å².